The molecule has 3 heteroatoms. The Hall–Kier alpha value is -2.20. The van der Waals surface area contributed by atoms with Crippen LogP contribution < -0.4 is 0 Å². The van der Waals surface area contributed by atoms with Crippen LogP contribution in [0.1, 0.15) is 22.3 Å². The highest BCUT2D eigenvalue weighted by molar-refractivity contribution is 5.48. The van der Waals surface area contributed by atoms with E-state index < -0.39 is 0 Å². The minimum Gasteiger partial charge on any atom is -0.376 e. The number of hydrogen-bond acceptors (Lipinski definition) is 3. The Morgan fingerprint density at radius 1 is 0.741 bits per heavy atom. The molecule has 140 valence electrons. The van der Waals surface area contributed by atoms with Crippen LogP contribution in [-0.4, -0.2) is 37.6 Å². The molecule has 0 spiro atoms. The third-order valence-corrected chi connectivity index (χ3v) is 5.19. The van der Waals surface area contributed by atoms with Crippen molar-refractivity contribution in [2.24, 2.45) is 0 Å². The molecule has 2 aliphatic heterocycles. The Morgan fingerprint density at radius 2 is 1.22 bits per heavy atom. The standard InChI is InChI=1S/C24H26O3/c1-3-17-7-5-9-19(11-17)13-21-23(26-21)15-25-16-24-22(27-24)14-20-10-6-8-18(4-2)12-20/h3-12,21-24H,1-2,13-16H2. The predicted molar refractivity (Wildman–Crippen MR) is 109 cm³/mol. The van der Waals surface area contributed by atoms with E-state index in [2.05, 4.69) is 61.7 Å². The minimum absolute atomic E-state index is 0.207. The summed E-state index contributed by atoms with van der Waals surface area (Å²) in [7, 11) is 0. The molecule has 0 radical (unpaired) electrons. The van der Waals surface area contributed by atoms with Crippen molar-refractivity contribution in [1.82, 2.24) is 0 Å². The molecule has 2 fully saturated rings. The largest absolute Gasteiger partial charge is 0.376 e. The van der Waals surface area contributed by atoms with Gasteiger partial charge in [-0.3, -0.25) is 0 Å². The van der Waals surface area contributed by atoms with Crippen LogP contribution in [0.3, 0.4) is 0 Å². The first kappa shape index (κ1) is 18.2. The van der Waals surface area contributed by atoms with Gasteiger partial charge in [0.25, 0.3) is 0 Å². The van der Waals surface area contributed by atoms with Crippen LogP contribution in [-0.2, 0) is 27.1 Å². The SMILES string of the molecule is C=Cc1cccc(CC2OC2COCC2OC2Cc2cccc(C=C)c2)c1. The molecule has 0 saturated carbocycles. The number of hydrogen-bond donors (Lipinski definition) is 0. The zero-order valence-electron chi connectivity index (χ0n) is 15.6. The quantitative estimate of drug-likeness (QED) is 0.591. The first-order valence-electron chi connectivity index (χ1n) is 9.56. The molecule has 4 atom stereocenters. The van der Waals surface area contributed by atoms with Crippen molar-refractivity contribution in [3.8, 4) is 0 Å². The zero-order chi connectivity index (χ0) is 18.6. The maximum absolute atomic E-state index is 5.82. The number of benzene rings is 2. The molecular weight excluding hydrogens is 336 g/mol. The number of epoxide rings is 2. The molecule has 27 heavy (non-hydrogen) atoms. The van der Waals surface area contributed by atoms with Crippen LogP contribution >= 0.6 is 0 Å². The van der Waals surface area contributed by atoms with E-state index in [4.69, 9.17) is 14.2 Å². The van der Waals surface area contributed by atoms with Gasteiger partial charge in [0.2, 0.25) is 0 Å². The summed E-state index contributed by atoms with van der Waals surface area (Å²) in [6, 6.07) is 16.8. The van der Waals surface area contributed by atoms with Crippen LogP contribution in [0.2, 0.25) is 0 Å². The van der Waals surface area contributed by atoms with Gasteiger partial charge in [-0.05, 0) is 22.3 Å². The lowest BCUT2D eigenvalue weighted by atomic mass is 10.1. The van der Waals surface area contributed by atoms with E-state index >= 15 is 0 Å². The molecule has 0 bridgehead atoms. The van der Waals surface area contributed by atoms with Crippen LogP contribution in [0.25, 0.3) is 12.2 Å². The molecule has 0 amide bonds. The molecule has 2 aliphatic rings. The normalized spacial score (nSPS) is 25.8. The Kier molecular flexibility index (Phi) is 5.53. The van der Waals surface area contributed by atoms with Gasteiger partial charge in [0.1, 0.15) is 12.2 Å². The van der Waals surface area contributed by atoms with Crippen LogP contribution in [0.4, 0.5) is 0 Å². The summed E-state index contributed by atoms with van der Waals surface area (Å²) in [5.74, 6) is 0. The van der Waals surface area contributed by atoms with Gasteiger partial charge in [-0.25, -0.2) is 0 Å². The maximum atomic E-state index is 5.82. The van der Waals surface area contributed by atoms with Crippen molar-refractivity contribution in [3.63, 3.8) is 0 Å². The summed E-state index contributed by atoms with van der Waals surface area (Å²) in [6.45, 7) is 8.92. The summed E-state index contributed by atoms with van der Waals surface area (Å²) in [5, 5.41) is 0. The van der Waals surface area contributed by atoms with Gasteiger partial charge in [-0.2, -0.15) is 0 Å². The monoisotopic (exact) mass is 362 g/mol. The lowest BCUT2D eigenvalue weighted by molar-refractivity contribution is 0.102. The second-order valence-corrected chi connectivity index (χ2v) is 7.27. The second-order valence-electron chi connectivity index (χ2n) is 7.27. The van der Waals surface area contributed by atoms with E-state index in [0.717, 1.165) is 24.0 Å². The van der Waals surface area contributed by atoms with Crippen molar-refractivity contribution in [2.45, 2.75) is 37.3 Å². The van der Waals surface area contributed by atoms with Crippen molar-refractivity contribution in [3.05, 3.63) is 83.9 Å². The molecule has 2 aromatic carbocycles. The maximum Gasteiger partial charge on any atom is 0.108 e. The van der Waals surface area contributed by atoms with Gasteiger partial charge >= 0.3 is 0 Å². The molecule has 0 N–H and O–H groups in total. The third-order valence-electron chi connectivity index (χ3n) is 5.19. The molecule has 2 heterocycles. The average molecular weight is 362 g/mol. The van der Waals surface area contributed by atoms with Crippen LogP contribution in [0.5, 0.6) is 0 Å². The minimum atomic E-state index is 0.207. The summed E-state index contributed by atoms with van der Waals surface area (Å²) in [5.41, 5.74) is 4.87. The molecule has 2 saturated heterocycles. The Labute approximate surface area is 161 Å². The first-order chi connectivity index (χ1) is 13.2. The summed E-state index contributed by atoms with van der Waals surface area (Å²) < 4.78 is 17.3. The van der Waals surface area contributed by atoms with Crippen molar-refractivity contribution < 1.29 is 14.2 Å². The van der Waals surface area contributed by atoms with Gasteiger partial charge in [-0.15, -0.1) is 0 Å². The van der Waals surface area contributed by atoms with Crippen molar-refractivity contribution in [2.75, 3.05) is 13.2 Å². The van der Waals surface area contributed by atoms with E-state index in [9.17, 15) is 0 Å². The second kappa shape index (κ2) is 8.22. The van der Waals surface area contributed by atoms with E-state index in [1.165, 1.54) is 11.1 Å². The fourth-order valence-electron chi connectivity index (χ4n) is 3.47. The van der Waals surface area contributed by atoms with Crippen molar-refractivity contribution >= 4 is 12.2 Å². The van der Waals surface area contributed by atoms with Gasteiger partial charge in [-0.1, -0.05) is 73.8 Å². The lowest BCUT2D eigenvalue weighted by Crippen LogP contribution is -2.12. The van der Waals surface area contributed by atoms with Gasteiger partial charge in [0.15, 0.2) is 0 Å². The van der Waals surface area contributed by atoms with Crippen LogP contribution in [0.15, 0.2) is 61.7 Å². The molecule has 4 unspecified atom stereocenters. The third kappa shape index (κ3) is 4.95. The average Bonchev–Trinajstić information content (AvgIpc) is 3.61. The van der Waals surface area contributed by atoms with Gasteiger partial charge < -0.3 is 14.2 Å². The van der Waals surface area contributed by atoms with Crippen molar-refractivity contribution in [1.29, 1.82) is 0 Å². The molecule has 0 aliphatic carbocycles. The van der Waals surface area contributed by atoms with Gasteiger partial charge in [0.05, 0.1) is 25.4 Å². The van der Waals surface area contributed by atoms with E-state index in [1.807, 2.05) is 12.2 Å². The summed E-state index contributed by atoms with van der Waals surface area (Å²) in [4.78, 5) is 0. The molecule has 0 aromatic heterocycles. The fourth-order valence-corrected chi connectivity index (χ4v) is 3.47. The highest BCUT2D eigenvalue weighted by Crippen LogP contribution is 2.29. The number of ether oxygens (including phenoxy) is 3. The summed E-state index contributed by atoms with van der Waals surface area (Å²) >= 11 is 0. The topological polar surface area (TPSA) is 34.3 Å². The fraction of sp³-hybridized carbons (Fsp3) is 0.333. The predicted octanol–water partition coefficient (Wildman–Crippen LogP) is 4.31. The number of rotatable bonds is 10. The zero-order valence-corrected chi connectivity index (χ0v) is 15.6. The molecule has 2 aromatic rings. The smallest absolute Gasteiger partial charge is 0.108 e. The Bertz CT molecular complexity index is 745. The molecule has 3 nitrogen and oxygen atoms in total. The highest BCUT2D eigenvalue weighted by atomic mass is 16.6. The van der Waals surface area contributed by atoms with Crippen LogP contribution in [0, 0.1) is 0 Å². The summed E-state index contributed by atoms with van der Waals surface area (Å²) in [6.07, 6.45) is 6.55. The van der Waals surface area contributed by atoms with E-state index in [1.54, 1.807) is 0 Å². The van der Waals surface area contributed by atoms with E-state index in [0.29, 0.717) is 13.2 Å². The van der Waals surface area contributed by atoms with Gasteiger partial charge in [0, 0.05) is 12.8 Å². The Morgan fingerprint density at radius 3 is 1.67 bits per heavy atom. The first-order valence-corrected chi connectivity index (χ1v) is 9.56. The van der Waals surface area contributed by atoms with E-state index in [-0.39, 0.29) is 24.4 Å². The Balaban J connectivity index is 1.13. The molecular formula is C24H26O3. The lowest BCUT2D eigenvalue weighted by Gasteiger charge is -2.02. The highest BCUT2D eigenvalue weighted by Gasteiger charge is 2.41. The molecule has 4 rings (SSSR count).